The third-order valence-corrected chi connectivity index (χ3v) is 8.79. The highest BCUT2D eigenvalue weighted by molar-refractivity contribution is 6.43. The van der Waals surface area contributed by atoms with Crippen LogP contribution in [0.3, 0.4) is 0 Å². The minimum Gasteiger partial charge on any atom is -0.435 e. The number of amidine groups is 1. The number of benzene rings is 3. The van der Waals surface area contributed by atoms with Crippen molar-refractivity contribution in [1.82, 2.24) is 20.3 Å². The van der Waals surface area contributed by atoms with E-state index in [4.69, 9.17) is 21.0 Å². The molecule has 0 spiro atoms. The van der Waals surface area contributed by atoms with E-state index < -0.39 is 0 Å². The number of aromatic nitrogens is 1. The molecule has 3 aromatic carbocycles. The first kappa shape index (κ1) is 28.2. The number of hydrogen-bond donors (Lipinski definition) is 2. The molecule has 1 aromatic heterocycles. The summed E-state index contributed by atoms with van der Waals surface area (Å²) in [6.45, 7) is 6.36. The van der Waals surface area contributed by atoms with Crippen molar-refractivity contribution in [3.8, 4) is 28.7 Å². The number of aliphatic hydroxyl groups is 1. The minimum atomic E-state index is -0.326. The number of oxazole rings is 1. The molecule has 0 bridgehead atoms. The summed E-state index contributed by atoms with van der Waals surface area (Å²) in [5, 5.41) is 22.0. The maximum atomic E-state index is 11.4. The number of nitrogens with one attached hydrogen (secondary N) is 1. The Morgan fingerprint density at radius 3 is 2.68 bits per heavy atom. The largest absolute Gasteiger partial charge is 0.435 e. The fourth-order valence-electron chi connectivity index (χ4n) is 6.27. The van der Waals surface area contributed by atoms with E-state index >= 15 is 0 Å². The summed E-state index contributed by atoms with van der Waals surface area (Å²) in [6.07, 6.45) is 4.87. The maximum absolute atomic E-state index is 11.4. The zero-order chi connectivity index (χ0) is 30.5. The standard InChI is InChI=1S/C34H29ClN6O3/c1-19-25(26-6-4-8-28(20(26)2)34-37-30-13-21(18-42)11-23(14-36)31(30)44-34)5-3-7-27(19)32-38-33-29(35)12-22(16-41(33)39-32)15-40-10-9-24(43)17-40/h3-8,11-13,16,18,24,32,39,43H,9-10,15,17H2,1-2H3. The molecule has 4 aromatic rings. The fourth-order valence-corrected chi connectivity index (χ4v) is 6.55. The number of aldehydes is 1. The van der Waals surface area contributed by atoms with E-state index in [0.717, 1.165) is 51.9 Å². The van der Waals surface area contributed by atoms with Crippen LogP contribution >= 0.6 is 11.6 Å². The van der Waals surface area contributed by atoms with E-state index in [1.54, 1.807) is 6.07 Å². The van der Waals surface area contributed by atoms with E-state index in [9.17, 15) is 15.2 Å². The summed E-state index contributed by atoms with van der Waals surface area (Å²) in [4.78, 5) is 23.2. The Hall–Kier alpha value is -4.59. The molecule has 1 fully saturated rings. The Balaban J connectivity index is 1.20. The quantitative estimate of drug-likeness (QED) is 0.267. The number of aliphatic hydroxyl groups excluding tert-OH is 1. The number of fused-ring (bicyclic) bond motifs is 2. The Morgan fingerprint density at radius 2 is 1.93 bits per heavy atom. The van der Waals surface area contributed by atoms with E-state index in [2.05, 4.69) is 46.5 Å². The Labute approximate surface area is 259 Å². The first-order valence-corrected chi connectivity index (χ1v) is 14.8. The monoisotopic (exact) mass is 604 g/mol. The number of nitriles is 1. The normalized spacial score (nSPS) is 19.9. The SMILES string of the molecule is Cc1c(-c2nc3cc(C=O)cc(C#N)c3o2)cccc1-c1cccc(C2N=C3C(Cl)=CC(CN4CCC(O)C4)=CN3N2)c1C. The summed E-state index contributed by atoms with van der Waals surface area (Å²) in [6, 6.07) is 17.4. The zero-order valence-corrected chi connectivity index (χ0v) is 25.0. The molecule has 220 valence electrons. The van der Waals surface area contributed by atoms with Crippen LogP contribution in [-0.4, -0.2) is 57.9 Å². The molecule has 2 unspecified atom stereocenters. The van der Waals surface area contributed by atoms with Gasteiger partial charge in [-0.05, 0) is 77.9 Å². The van der Waals surface area contributed by atoms with Crippen LogP contribution in [0.5, 0.6) is 0 Å². The molecule has 1 saturated heterocycles. The lowest BCUT2D eigenvalue weighted by Crippen LogP contribution is -2.36. The molecular formula is C34H29ClN6O3. The molecule has 2 atom stereocenters. The average molecular weight is 605 g/mol. The summed E-state index contributed by atoms with van der Waals surface area (Å²) < 4.78 is 6.08. The van der Waals surface area contributed by atoms with Crippen LogP contribution in [-0.2, 0) is 0 Å². The van der Waals surface area contributed by atoms with Gasteiger partial charge in [-0.15, -0.1) is 0 Å². The molecule has 0 aliphatic carbocycles. The Kier molecular flexibility index (Phi) is 7.15. The average Bonchev–Trinajstić information content (AvgIpc) is 3.75. The highest BCUT2D eigenvalue weighted by Crippen LogP contribution is 2.38. The molecule has 9 nitrogen and oxygen atoms in total. The van der Waals surface area contributed by atoms with E-state index in [-0.39, 0.29) is 17.8 Å². The van der Waals surface area contributed by atoms with Crippen LogP contribution < -0.4 is 5.43 Å². The van der Waals surface area contributed by atoms with Crippen molar-refractivity contribution in [3.05, 3.63) is 99.2 Å². The lowest BCUT2D eigenvalue weighted by atomic mass is 9.91. The van der Waals surface area contributed by atoms with Crippen molar-refractivity contribution in [2.45, 2.75) is 32.5 Å². The maximum Gasteiger partial charge on any atom is 0.227 e. The van der Waals surface area contributed by atoms with Crippen LogP contribution in [0, 0.1) is 25.2 Å². The van der Waals surface area contributed by atoms with Crippen molar-refractivity contribution >= 4 is 34.8 Å². The summed E-state index contributed by atoms with van der Waals surface area (Å²) >= 11 is 6.70. The predicted molar refractivity (Wildman–Crippen MR) is 169 cm³/mol. The van der Waals surface area contributed by atoms with Crippen LogP contribution in [0.1, 0.15) is 45.2 Å². The number of likely N-dealkylation sites (tertiary alicyclic amines) is 1. The Bertz CT molecular complexity index is 1970. The number of carbonyl (C=O) groups is 1. The number of aliphatic imine (C=N–C) groups is 1. The first-order valence-electron chi connectivity index (χ1n) is 14.4. The number of halogens is 1. The van der Waals surface area contributed by atoms with Gasteiger partial charge in [0.05, 0.1) is 16.7 Å². The zero-order valence-electron chi connectivity index (χ0n) is 24.2. The van der Waals surface area contributed by atoms with E-state index in [1.807, 2.05) is 42.4 Å². The second-order valence-corrected chi connectivity index (χ2v) is 11.8. The van der Waals surface area contributed by atoms with Gasteiger partial charge >= 0.3 is 0 Å². The Morgan fingerprint density at radius 1 is 1.16 bits per heavy atom. The second-order valence-electron chi connectivity index (χ2n) is 11.4. The van der Waals surface area contributed by atoms with Gasteiger partial charge in [0.2, 0.25) is 5.89 Å². The molecule has 4 heterocycles. The van der Waals surface area contributed by atoms with Crippen LogP contribution in [0.2, 0.25) is 0 Å². The van der Waals surface area contributed by atoms with E-state index in [0.29, 0.717) is 52.8 Å². The molecule has 0 radical (unpaired) electrons. The predicted octanol–water partition coefficient (Wildman–Crippen LogP) is 5.77. The van der Waals surface area contributed by atoms with Gasteiger partial charge in [0, 0.05) is 37.0 Å². The molecule has 7 rings (SSSR count). The highest BCUT2D eigenvalue weighted by Gasteiger charge is 2.31. The van der Waals surface area contributed by atoms with Gasteiger partial charge in [0.25, 0.3) is 0 Å². The van der Waals surface area contributed by atoms with Gasteiger partial charge in [0.15, 0.2) is 11.4 Å². The molecular weight excluding hydrogens is 576 g/mol. The van der Waals surface area contributed by atoms with Gasteiger partial charge in [-0.2, -0.15) is 10.7 Å². The van der Waals surface area contributed by atoms with Crippen molar-refractivity contribution in [2.24, 2.45) is 4.99 Å². The fraction of sp³-hybridized carbons (Fsp3) is 0.235. The summed E-state index contributed by atoms with van der Waals surface area (Å²) in [5.41, 5.74) is 12.0. The molecule has 2 N–H and O–H groups in total. The van der Waals surface area contributed by atoms with Crippen LogP contribution in [0.15, 0.2) is 80.8 Å². The van der Waals surface area contributed by atoms with Crippen molar-refractivity contribution in [3.63, 3.8) is 0 Å². The number of hydrazine groups is 1. The highest BCUT2D eigenvalue weighted by atomic mass is 35.5. The molecule has 3 aliphatic heterocycles. The van der Waals surface area contributed by atoms with Crippen molar-refractivity contribution in [2.75, 3.05) is 19.6 Å². The number of β-amino-alcohol motifs (C(OH)–C–C–N with tert-alkyl or cyclic N) is 1. The smallest absolute Gasteiger partial charge is 0.227 e. The molecule has 0 saturated carbocycles. The molecule has 44 heavy (non-hydrogen) atoms. The third-order valence-electron chi connectivity index (χ3n) is 8.51. The number of carbonyl (C=O) groups excluding carboxylic acids is 1. The minimum absolute atomic E-state index is 0.271. The molecule has 0 amide bonds. The van der Waals surface area contributed by atoms with Crippen LogP contribution in [0.4, 0.5) is 0 Å². The lowest BCUT2D eigenvalue weighted by molar-refractivity contribution is 0.112. The van der Waals surface area contributed by atoms with Gasteiger partial charge in [-0.3, -0.25) is 14.7 Å². The number of nitrogens with zero attached hydrogens (tertiary/aromatic N) is 5. The third kappa shape index (κ3) is 4.92. The first-order chi connectivity index (χ1) is 21.3. The van der Waals surface area contributed by atoms with Crippen molar-refractivity contribution < 1.29 is 14.3 Å². The van der Waals surface area contributed by atoms with Gasteiger partial charge in [-0.25, -0.2) is 9.98 Å². The topological polar surface area (TPSA) is 118 Å². The van der Waals surface area contributed by atoms with Crippen molar-refractivity contribution in [1.29, 1.82) is 5.26 Å². The lowest BCUT2D eigenvalue weighted by Gasteiger charge is -2.25. The van der Waals surface area contributed by atoms with Gasteiger partial charge in [-0.1, -0.05) is 41.9 Å². The second kappa shape index (κ2) is 11.2. The number of rotatable bonds is 6. The van der Waals surface area contributed by atoms with Gasteiger partial charge in [0.1, 0.15) is 24.0 Å². The summed E-state index contributed by atoms with van der Waals surface area (Å²) in [7, 11) is 0. The molecule has 10 heteroatoms. The van der Waals surface area contributed by atoms with Gasteiger partial charge < -0.3 is 9.52 Å². The number of hydrogen-bond acceptors (Lipinski definition) is 9. The molecule has 3 aliphatic rings. The van der Waals surface area contributed by atoms with E-state index in [1.165, 1.54) is 6.07 Å². The summed E-state index contributed by atoms with van der Waals surface area (Å²) in [5.74, 6) is 1.07. The van der Waals surface area contributed by atoms with Crippen LogP contribution in [0.25, 0.3) is 33.7 Å².